The second-order valence-corrected chi connectivity index (χ2v) is 5.17. The maximum Gasteiger partial charge on any atom is 0.331 e. The number of thioether (sulfide) groups is 1. The first-order chi connectivity index (χ1) is 11.2. The van der Waals surface area contributed by atoms with Gasteiger partial charge in [0.25, 0.3) is 5.22 Å². The number of ether oxygens (including phenoxy) is 2. The lowest BCUT2D eigenvalue weighted by Gasteiger charge is -2.11. The van der Waals surface area contributed by atoms with Gasteiger partial charge < -0.3 is 13.9 Å². The zero-order valence-electron chi connectivity index (χ0n) is 12.6. The summed E-state index contributed by atoms with van der Waals surface area (Å²) in [5.74, 6) is -1.15. The topological polar surface area (TPSA) is 104 Å². The zero-order chi connectivity index (χ0) is 16.7. The highest BCUT2D eigenvalue weighted by molar-refractivity contribution is 8.01. The number of hydrogen-bond donors (Lipinski definition) is 0. The van der Waals surface area contributed by atoms with Crippen LogP contribution in [0, 0.1) is 0 Å². The molecule has 0 radical (unpaired) electrons. The van der Waals surface area contributed by atoms with Gasteiger partial charge >= 0.3 is 11.9 Å². The Morgan fingerprint density at radius 2 is 1.74 bits per heavy atom. The Bertz CT molecular complexity index is 643. The molecule has 2 heterocycles. The fourth-order valence-corrected chi connectivity index (χ4v) is 2.34. The zero-order valence-corrected chi connectivity index (χ0v) is 13.4. The van der Waals surface area contributed by atoms with E-state index in [9.17, 15) is 9.59 Å². The summed E-state index contributed by atoms with van der Waals surface area (Å²) in [6, 6.07) is 3.41. The molecule has 0 aliphatic rings. The molecule has 122 valence electrons. The molecule has 2 aromatic heterocycles. The molecular formula is C14H15N3O5S. The number of esters is 2. The molecule has 8 nitrogen and oxygen atoms in total. The van der Waals surface area contributed by atoms with Gasteiger partial charge in [-0.2, -0.15) is 0 Å². The van der Waals surface area contributed by atoms with E-state index in [0.29, 0.717) is 5.56 Å². The Kier molecular flexibility index (Phi) is 6.10. The fourth-order valence-electron chi connectivity index (χ4n) is 1.60. The van der Waals surface area contributed by atoms with Crippen LogP contribution in [0.15, 0.2) is 34.2 Å². The van der Waals surface area contributed by atoms with Gasteiger partial charge in [0.2, 0.25) is 11.1 Å². The number of hydrogen-bond acceptors (Lipinski definition) is 9. The fraction of sp³-hybridized carbons (Fsp3) is 0.357. The number of carbonyl (C=O) groups is 2. The molecule has 9 heteroatoms. The van der Waals surface area contributed by atoms with E-state index in [2.05, 4.69) is 15.2 Å². The highest BCUT2D eigenvalue weighted by Gasteiger charge is 2.33. The first kappa shape index (κ1) is 16.9. The van der Waals surface area contributed by atoms with Crippen LogP contribution in [0.25, 0.3) is 11.5 Å². The smallest absolute Gasteiger partial charge is 0.331 e. The van der Waals surface area contributed by atoms with E-state index >= 15 is 0 Å². The molecule has 0 atom stereocenters. The highest BCUT2D eigenvalue weighted by Crippen LogP contribution is 2.27. The average molecular weight is 337 g/mol. The van der Waals surface area contributed by atoms with E-state index in [1.54, 1.807) is 38.4 Å². The maximum atomic E-state index is 11.9. The van der Waals surface area contributed by atoms with Crippen LogP contribution in [0.2, 0.25) is 0 Å². The third-order valence-electron chi connectivity index (χ3n) is 2.55. The number of nitrogens with zero attached hydrogens (tertiary/aromatic N) is 3. The van der Waals surface area contributed by atoms with Crippen molar-refractivity contribution in [1.82, 2.24) is 15.2 Å². The molecule has 0 aromatic carbocycles. The lowest BCUT2D eigenvalue weighted by atomic mass is 10.3. The molecule has 0 aliphatic carbocycles. The average Bonchev–Trinajstić information content (AvgIpc) is 3.02. The Morgan fingerprint density at radius 1 is 1.13 bits per heavy atom. The standard InChI is InChI=1S/C14H15N3O5S/c1-3-20-12(18)10(13(19)21-4-2)23-14-17-16-11(22-14)9-5-7-15-8-6-9/h5-8,10H,3-4H2,1-2H3. The van der Waals surface area contributed by atoms with E-state index in [4.69, 9.17) is 13.9 Å². The van der Waals surface area contributed by atoms with Crippen LogP contribution in [0.1, 0.15) is 13.8 Å². The minimum Gasteiger partial charge on any atom is -0.465 e. The van der Waals surface area contributed by atoms with Gasteiger partial charge in [0.05, 0.1) is 13.2 Å². The monoisotopic (exact) mass is 337 g/mol. The van der Waals surface area contributed by atoms with Crippen molar-refractivity contribution in [2.24, 2.45) is 0 Å². The van der Waals surface area contributed by atoms with Gasteiger partial charge in [0.15, 0.2) is 0 Å². The Labute approximate surface area is 136 Å². The molecule has 0 spiro atoms. The van der Waals surface area contributed by atoms with Gasteiger partial charge in [0, 0.05) is 18.0 Å². The normalized spacial score (nSPS) is 10.6. The van der Waals surface area contributed by atoms with Gasteiger partial charge in [-0.3, -0.25) is 14.6 Å². The summed E-state index contributed by atoms with van der Waals surface area (Å²) in [4.78, 5) is 27.7. The summed E-state index contributed by atoms with van der Waals surface area (Å²) in [6.45, 7) is 3.61. The second-order valence-electron chi connectivity index (χ2n) is 4.11. The molecule has 0 bridgehead atoms. The highest BCUT2D eigenvalue weighted by atomic mass is 32.2. The van der Waals surface area contributed by atoms with Crippen LogP contribution >= 0.6 is 11.8 Å². The molecule has 23 heavy (non-hydrogen) atoms. The maximum absolute atomic E-state index is 11.9. The van der Waals surface area contributed by atoms with Gasteiger partial charge in [0.1, 0.15) is 0 Å². The molecule has 2 rings (SSSR count). The Balaban J connectivity index is 2.15. The summed E-state index contributed by atoms with van der Waals surface area (Å²) < 4.78 is 15.2. The molecule has 0 saturated heterocycles. The van der Waals surface area contributed by atoms with E-state index in [0.717, 1.165) is 11.8 Å². The van der Waals surface area contributed by atoms with Crippen molar-refractivity contribution in [2.45, 2.75) is 24.3 Å². The summed E-state index contributed by atoms with van der Waals surface area (Å²) in [5.41, 5.74) is 0.683. The predicted octanol–water partition coefficient (Wildman–Crippen LogP) is 1.72. The molecule has 0 aliphatic heterocycles. The van der Waals surface area contributed by atoms with Gasteiger partial charge in [-0.15, -0.1) is 10.2 Å². The molecule has 0 N–H and O–H groups in total. The van der Waals surface area contributed by atoms with E-state index in [1.807, 2.05) is 0 Å². The van der Waals surface area contributed by atoms with Gasteiger partial charge in [-0.25, -0.2) is 0 Å². The quantitative estimate of drug-likeness (QED) is 0.424. The SMILES string of the molecule is CCOC(=O)C(Sc1nnc(-c2ccncc2)o1)C(=O)OCC. The van der Waals surface area contributed by atoms with E-state index in [1.165, 1.54) is 0 Å². The second kappa shape index (κ2) is 8.28. The van der Waals surface area contributed by atoms with Crippen molar-refractivity contribution in [3.8, 4) is 11.5 Å². The van der Waals surface area contributed by atoms with Crippen molar-refractivity contribution < 1.29 is 23.5 Å². The van der Waals surface area contributed by atoms with Crippen LogP contribution < -0.4 is 0 Å². The molecule has 0 amide bonds. The van der Waals surface area contributed by atoms with Crippen LogP contribution in [0.3, 0.4) is 0 Å². The third-order valence-corrected chi connectivity index (χ3v) is 3.54. The lowest BCUT2D eigenvalue weighted by Crippen LogP contribution is -2.30. The molecule has 0 unspecified atom stereocenters. The summed E-state index contributed by atoms with van der Waals surface area (Å²) in [5, 5.41) is 6.57. The van der Waals surface area contributed by atoms with Crippen LogP contribution in [0.4, 0.5) is 0 Å². The van der Waals surface area contributed by atoms with Gasteiger partial charge in [-0.05, 0) is 37.7 Å². The van der Waals surface area contributed by atoms with Crippen molar-refractivity contribution in [1.29, 1.82) is 0 Å². The van der Waals surface area contributed by atoms with Crippen molar-refractivity contribution in [2.75, 3.05) is 13.2 Å². The molecule has 0 fully saturated rings. The summed E-state index contributed by atoms with van der Waals surface area (Å²) in [7, 11) is 0. The van der Waals surface area contributed by atoms with Crippen LogP contribution in [-0.4, -0.2) is 45.6 Å². The number of carbonyl (C=O) groups excluding carboxylic acids is 2. The first-order valence-corrected chi connectivity index (χ1v) is 7.77. The summed E-state index contributed by atoms with van der Waals surface area (Å²) >= 11 is 0.795. The minimum atomic E-state index is -1.21. The number of aromatic nitrogens is 3. The van der Waals surface area contributed by atoms with E-state index in [-0.39, 0.29) is 24.3 Å². The number of rotatable bonds is 7. The molecular weight excluding hydrogens is 322 g/mol. The Hall–Kier alpha value is -2.42. The van der Waals surface area contributed by atoms with E-state index < -0.39 is 17.2 Å². The largest absolute Gasteiger partial charge is 0.465 e. The van der Waals surface area contributed by atoms with Crippen molar-refractivity contribution >= 4 is 23.7 Å². The lowest BCUT2D eigenvalue weighted by molar-refractivity contribution is -0.152. The van der Waals surface area contributed by atoms with Crippen molar-refractivity contribution in [3.63, 3.8) is 0 Å². The number of pyridine rings is 1. The minimum absolute atomic E-state index is 0.0721. The van der Waals surface area contributed by atoms with Gasteiger partial charge in [-0.1, -0.05) is 0 Å². The Morgan fingerprint density at radius 3 is 2.30 bits per heavy atom. The third kappa shape index (κ3) is 4.52. The predicted molar refractivity (Wildman–Crippen MR) is 80.4 cm³/mol. The molecule has 0 saturated carbocycles. The van der Waals surface area contributed by atoms with Crippen molar-refractivity contribution in [3.05, 3.63) is 24.5 Å². The first-order valence-electron chi connectivity index (χ1n) is 6.89. The van der Waals surface area contributed by atoms with Crippen LogP contribution in [-0.2, 0) is 19.1 Å². The van der Waals surface area contributed by atoms with Crippen LogP contribution in [0.5, 0.6) is 0 Å². The summed E-state index contributed by atoms with van der Waals surface area (Å²) in [6.07, 6.45) is 3.18. The molecule has 2 aromatic rings.